The molecule has 0 bridgehead atoms. The molecule has 1 atom stereocenters. The molecule has 1 N–H and O–H groups in total. The maximum absolute atomic E-state index is 12.1. The summed E-state index contributed by atoms with van der Waals surface area (Å²) in [5.41, 5.74) is 3.50. The van der Waals surface area contributed by atoms with E-state index < -0.39 is 0 Å². The second-order valence-corrected chi connectivity index (χ2v) is 6.24. The van der Waals surface area contributed by atoms with Gasteiger partial charge < -0.3 is 5.32 Å². The summed E-state index contributed by atoms with van der Waals surface area (Å²) in [6.45, 7) is 3.98. The van der Waals surface area contributed by atoms with Crippen molar-refractivity contribution in [1.29, 1.82) is 0 Å². The summed E-state index contributed by atoms with van der Waals surface area (Å²) in [5.74, 6) is -0.281. The first kappa shape index (κ1) is 14.7. The van der Waals surface area contributed by atoms with Crippen LogP contribution in [-0.4, -0.2) is 17.5 Å². The SMILES string of the molecule is CCC1=CC(=O)NC2=CC(=NC(=O)c3cc(C)cs3)C=CC12. The number of hydrogen-bond donors (Lipinski definition) is 1. The lowest BCUT2D eigenvalue weighted by atomic mass is 9.86. The molecular formula is C17H16N2O2S. The number of nitrogens with one attached hydrogen (secondary N) is 1. The first-order chi connectivity index (χ1) is 10.6. The molecule has 5 heteroatoms. The zero-order chi connectivity index (χ0) is 15.7. The van der Waals surface area contributed by atoms with Gasteiger partial charge >= 0.3 is 0 Å². The highest BCUT2D eigenvalue weighted by molar-refractivity contribution is 7.12. The predicted octanol–water partition coefficient (Wildman–Crippen LogP) is 3.17. The number of aliphatic imine (C=N–C) groups is 1. The second-order valence-electron chi connectivity index (χ2n) is 5.33. The highest BCUT2D eigenvalue weighted by Crippen LogP contribution is 2.29. The van der Waals surface area contributed by atoms with E-state index in [2.05, 4.69) is 10.3 Å². The first-order valence-corrected chi connectivity index (χ1v) is 8.04. The lowest BCUT2D eigenvalue weighted by molar-refractivity contribution is -0.116. The molecule has 2 amide bonds. The largest absolute Gasteiger partial charge is 0.325 e. The predicted molar refractivity (Wildman–Crippen MR) is 88.1 cm³/mol. The normalized spacial score (nSPS) is 22.0. The van der Waals surface area contributed by atoms with Gasteiger partial charge in [0.25, 0.3) is 5.91 Å². The summed E-state index contributed by atoms with van der Waals surface area (Å²) in [5, 5.41) is 4.76. The maximum atomic E-state index is 12.1. The van der Waals surface area contributed by atoms with Crippen molar-refractivity contribution in [2.24, 2.45) is 10.9 Å². The van der Waals surface area contributed by atoms with Gasteiger partial charge in [0.2, 0.25) is 5.91 Å². The number of rotatable bonds is 2. The van der Waals surface area contributed by atoms with Crippen LogP contribution in [0.2, 0.25) is 0 Å². The summed E-state index contributed by atoms with van der Waals surface area (Å²) in [4.78, 5) is 28.6. The zero-order valence-electron chi connectivity index (χ0n) is 12.4. The Balaban J connectivity index is 1.87. The summed E-state index contributed by atoms with van der Waals surface area (Å²) in [6.07, 6.45) is 8.07. The number of nitrogens with zero attached hydrogens (tertiary/aromatic N) is 1. The molecule has 1 aromatic heterocycles. The molecule has 0 radical (unpaired) electrons. The third kappa shape index (κ3) is 2.85. The van der Waals surface area contributed by atoms with Crippen LogP contribution in [0.3, 0.4) is 0 Å². The van der Waals surface area contributed by atoms with Crippen molar-refractivity contribution >= 4 is 28.9 Å². The van der Waals surface area contributed by atoms with E-state index in [1.54, 1.807) is 12.2 Å². The van der Waals surface area contributed by atoms with Crippen molar-refractivity contribution in [2.45, 2.75) is 20.3 Å². The fourth-order valence-electron chi connectivity index (χ4n) is 2.58. The summed E-state index contributed by atoms with van der Waals surface area (Å²) in [7, 11) is 0. The summed E-state index contributed by atoms with van der Waals surface area (Å²) < 4.78 is 0. The van der Waals surface area contributed by atoms with Crippen molar-refractivity contribution in [3.63, 3.8) is 0 Å². The number of carbonyl (C=O) groups excluding carboxylic acids is 2. The van der Waals surface area contributed by atoms with E-state index >= 15 is 0 Å². The van der Waals surface area contributed by atoms with Crippen molar-refractivity contribution < 1.29 is 9.59 Å². The van der Waals surface area contributed by atoms with Gasteiger partial charge in [-0.25, -0.2) is 4.99 Å². The number of thiophene rings is 1. The number of carbonyl (C=O) groups is 2. The van der Waals surface area contributed by atoms with E-state index in [1.165, 1.54) is 11.3 Å². The van der Waals surface area contributed by atoms with Gasteiger partial charge in [-0.15, -0.1) is 11.3 Å². The number of fused-ring (bicyclic) bond motifs is 1. The van der Waals surface area contributed by atoms with Crippen LogP contribution >= 0.6 is 11.3 Å². The van der Waals surface area contributed by atoms with Gasteiger partial charge in [0.1, 0.15) is 0 Å². The van der Waals surface area contributed by atoms with Crippen LogP contribution in [0.5, 0.6) is 0 Å². The van der Waals surface area contributed by atoms with Crippen LogP contribution in [0.4, 0.5) is 0 Å². The molecule has 0 fully saturated rings. The second kappa shape index (κ2) is 5.85. The number of aryl methyl sites for hydroxylation is 1. The Morgan fingerprint density at radius 3 is 2.91 bits per heavy atom. The average Bonchev–Trinajstić information content (AvgIpc) is 2.92. The Bertz CT molecular complexity index is 765. The highest BCUT2D eigenvalue weighted by Gasteiger charge is 2.25. The lowest BCUT2D eigenvalue weighted by Gasteiger charge is -2.26. The van der Waals surface area contributed by atoms with Gasteiger partial charge in [-0.2, -0.15) is 0 Å². The number of allylic oxidation sites excluding steroid dienone is 3. The van der Waals surface area contributed by atoms with Gasteiger partial charge in [0, 0.05) is 17.7 Å². The molecule has 0 spiro atoms. The minimum absolute atomic E-state index is 0.0840. The summed E-state index contributed by atoms with van der Waals surface area (Å²) >= 11 is 1.39. The van der Waals surface area contributed by atoms with Crippen LogP contribution in [0, 0.1) is 12.8 Å². The smallest absolute Gasteiger partial charge is 0.287 e. The van der Waals surface area contributed by atoms with E-state index in [-0.39, 0.29) is 17.7 Å². The minimum Gasteiger partial charge on any atom is -0.325 e. The first-order valence-electron chi connectivity index (χ1n) is 7.16. The minimum atomic E-state index is -0.249. The third-order valence-corrected chi connectivity index (χ3v) is 4.70. The topological polar surface area (TPSA) is 58.5 Å². The molecule has 1 unspecified atom stereocenters. The van der Waals surface area contributed by atoms with Crippen LogP contribution < -0.4 is 5.32 Å². The van der Waals surface area contributed by atoms with Crippen molar-refractivity contribution in [1.82, 2.24) is 5.32 Å². The number of amides is 2. The van der Waals surface area contributed by atoms with Crippen molar-refractivity contribution in [2.75, 3.05) is 0 Å². The van der Waals surface area contributed by atoms with Crippen LogP contribution in [0.25, 0.3) is 0 Å². The van der Waals surface area contributed by atoms with Crippen LogP contribution in [0.15, 0.2) is 52.0 Å². The quantitative estimate of drug-likeness (QED) is 0.912. The van der Waals surface area contributed by atoms with Gasteiger partial charge in [-0.1, -0.05) is 18.6 Å². The van der Waals surface area contributed by atoms with E-state index in [1.807, 2.05) is 37.4 Å². The molecule has 4 nitrogen and oxygen atoms in total. The van der Waals surface area contributed by atoms with E-state index in [4.69, 9.17) is 0 Å². The van der Waals surface area contributed by atoms with E-state index in [0.29, 0.717) is 10.6 Å². The molecule has 22 heavy (non-hydrogen) atoms. The molecule has 0 saturated heterocycles. The molecule has 112 valence electrons. The van der Waals surface area contributed by atoms with Crippen molar-refractivity contribution in [3.05, 3.63) is 57.5 Å². The fourth-order valence-corrected chi connectivity index (χ4v) is 3.36. The molecule has 1 aliphatic heterocycles. The highest BCUT2D eigenvalue weighted by atomic mass is 32.1. The standard InChI is InChI=1S/C17H16N2O2S/c1-3-11-7-16(20)19-14-8-12(4-5-13(11)14)18-17(21)15-6-10(2)9-22-15/h4-9,13H,3H2,1-2H3,(H,19,20). The van der Waals surface area contributed by atoms with Gasteiger partial charge in [0.05, 0.1) is 10.6 Å². The zero-order valence-corrected chi connectivity index (χ0v) is 13.2. The summed E-state index contributed by atoms with van der Waals surface area (Å²) in [6, 6.07) is 1.83. The van der Waals surface area contributed by atoms with Crippen LogP contribution in [-0.2, 0) is 4.79 Å². The van der Waals surface area contributed by atoms with Gasteiger partial charge in [-0.05, 0) is 42.5 Å². The van der Waals surface area contributed by atoms with E-state index in [0.717, 1.165) is 23.3 Å². The van der Waals surface area contributed by atoms with Crippen molar-refractivity contribution in [3.8, 4) is 0 Å². The molecular weight excluding hydrogens is 296 g/mol. The Hall–Kier alpha value is -2.27. The maximum Gasteiger partial charge on any atom is 0.287 e. The molecule has 1 aliphatic carbocycles. The third-order valence-electron chi connectivity index (χ3n) is 3.66. The van der Waals surface area contributed by atoms with E-state index in [9.17, 15) is 9.59 Å². The molecule has 3 rings (SSSR count). The molecule has 0 aromatic carbocycles. The Morgan fingerprint density at radius 1 is 1.41 bits per heavy atom. The van der Waals surface area contributed by atoms with Gasteiger partial charge in [-0.3, -0.25) is 9.59 Å². The Labute approximate surface area is 133 Å². The van der Waals surface area contributed by atoms with Gasteiger partial charge in [0.15, 0.2) is 0 Å². The monoisotopic (exact) mass is 312 g/mol. The molecule has 1 aromatic rings. The molecule has 2 aliphatic rings. The Morgan fingerprint density at radius 2 is 2.23 bits per heavy atom. The number of hydrogen-bond acceptors (Lipinski definition) is 3. The Kier molecular flexibility index (Phi) is 3.90. The molecule has 0 saturated carbocycles. The fraction of sp³-hybridized carbons (Fsp3) is 0.235. The lowest BCUT2D eigenvalue weighted by Crippen LogP contribution is -2.33. The molecule has 2 heterocycles. The van der Waals surface area contributed by atoms with Crippen LogP contribution in [0.1, 0.15) is 28.6 Å². The average molecular weight is 312 g/mol.